The molecule has 2 fully saturated rings. The molecular formula is C19H23F3N2O7S. The third kappa shape index (κ3) is 4.41. The van der Waals surface area contributed by atoms with Gasteiger partial charge in [0, 0.05) is 19.7 Å². The molecule has 178 valence electrons. The molecule has 3 atom stereocenters. The van der Waals surface area contributed by atoms with Crippen molar-refractivity contribution in [3.8, 4) is 0 Å². The number of hydrogen-bond donors (Lipinski definition) is 0. The van der Waals surface area contributed by atoms with E-state index < -0.39 is 62.6 Å². The van der Waals surface area contributed by atoms with E-state index >= 15 is 0 Å². The number of fused-ring (bicyclic) bond motifs is 2. The maximum absolute atomic E-state index is 13.7. The molecule has 0 N–H and O–H groups in total. The number of carbonyl (C=O) groups is 2. The molecule has 13 heteroatoms. The average Bonchev–Trinajstić information content (AvgIpc) is 3.04. The fourth-order valence-electron chi connectivity index (χ4n) is 4.05. The fraction of sp³-hybridized carbons (Fsp3) is 0.579. The van der Waals surface area contributed by atoms with E-state index in [9.17, 15) is 31.2 Å². The second-order valence-corrected chi connectivity index (χ2v) is 9.18. The molecule has 0 spiro atoms. The molecule has 1 aromatic carbocycles. The Balaban J connectivity index is 1.98. The third-order valence-electron chi connectivity index (χ3n) is 5.43. The van der Waals surface area contributed by atoms with Gasteiger partial charge in [-0.25, -0.2) is 26.4 Å². The molecular weight excluding hydrogens is 457 g/mol. The fourth-order valence-corrected chi connectivity index (χ4v) is 5.72. The van der Waals surface area contributed by atoms with Crippen LogP contribution >= 0.6 is 0 Å². The van der Waals surface area contributed by atoms with Crippen LogP contribution in [-0.2, 0) is 29.0 Å². The Hall–Kier alpha value is -2.38. The van der Waals surface area contributed by atoms with E-state index in [-0.39, 0.29) is 32.8 Å². The molecule has 0 aliphatic carbocycles. The van der Waals surface area contributed by atoms with Gasteiger partial charge in [0.15, 0.2) is 17.5 Å². The van der Waals surface area contributed by atoms with E-state index in [1.54, 1.807) is 0 Å². The highest BCUT2D eigenvalue weighted by Gasteiger charge is 2.55. The van der Waals surface area contributed by atoms with Gasteiger partial charge in [-0.05, 0) is 31.9 Å². The zero-order valence-electron chi connectivity index (χ0n) is 17.4. The summed E-state index contributed by atoms with van der Waals surface area (Å²) in [6.07, 6.45) is -0.0798. The number of nitrogens with zero attached hydrogens (tertiary/aromatic N) is 2. The Kier molecular flexibility index (Phi) is 7.30. The molecule has 0 aromatic heterocycles. The maximum Gasteiger partial charge on any atom is 0.410 e. The predicted octanol–water partition coefficient (Wildman–Crippen LogP) is 1.66. The number of carbonyl (C=O) groups excluding carboxylic acids is 2. The van der Waals surface area contributed by atoms with Crippen LogP contribution in [0, 0.1) is 17.5 Å². The molecule has 2 aliphatic rings. The quantitative estimate of drug-likeness (QED) is 0.332. The Morgan fingerprint density at radius 2 is 1.75 bits per heavy atom. The standard InChI is InChI=1S/C19H23F3N2O7S/c1-3-30-18(25)17-15-5-4-11(24(15)19(26)31-7-6-29-2)10-23(17)32(27,28)12-8-13(20)16(22)14(21)9-12/h8-9,11,15,17H,3-7,10H2,1-2H3/t11-,15+,17+/m1/s1. The third-order valence-corrected chi connectivity index (χ3v) is 7.25. The lowest BCUT2D eigenvalue weighted by Crippen LogP contribution is -2.65. The van der Waals surface area contributed by atoms with Crippen molar-refractivity contribution in [1.82, 2.24) is 9.21 Å². The summed E-state index contributed by atoms with van der Waals surface area (Å²) in [6.45, 7) is 1.25. The number of ether oxygens (including phenoxy) is 3. The molecule has 2 saturated heterocycles. The smallest absolute Gasteiger partial charge is 0.410 e. The minimum absolute atomic E-state index is 0.0362. The molecule has 2 bridgehead atoms. The number of esters is 1. The average molecular weight is 480 g/mol. The minimum Gasteiger partial charge on any atom is -0.465 e. The van der Waals surface area contributed by atoms with Gasteiger partial charge >= 0.3 is 12.1 Å². The number of rotatable bonds is 7. The van der Waals surface area contributed by atoms with Crippen molar-refractivity contribution < 1.29 is 45.4 Å². The topological polar surface area (TPSA) is 102 Å². The van der Waals surface area contributed by atoms with Crippen molar-refractivity contribution in [3.63, 3.8) is 0 Å². The van der Waals surface area contributed by atoms with Gasteiger partial charge in [-0.1, -0.05) is 0 Å². The van der Waals surface area contributed by atoms with E-state index in [1.165, 1.54) is 18.9 Å². The van der Waals surface area contributed by atoms with Gasteiger partial charge in [-0.2, -0.15) is 4.31 Å². The van der Waals surface area contributed by atoms with Gasteiger partial charge in [0.25, 0.3) is 0 Å². The Morgan fingerprint density at radius 1 is 1.09 bits per heavy atom. The lowest BCUT2D eigenvalue weighted by atomic mass is 10.1. The van der Waals surface area contributed by atoms with Crippen molar-refractivity contribution in [2.75, 3.05) is 33.5 Å². The van der Waals surface area contributed by atoms with Crippen LogP contribution in [0.3, 0.4) is 0 Å². The van der Waals surface area contributed by atoms with Crippen molar-refractivity contribution in [1.29, 1.82) is 0 Å². The second kappa shape index (κ2) is 9.63. The highest BCUT2D eigenvalue weighted by Crippen LogP contribution is 2.38. The van der Waals surface area contributed by atoms with E-state index in [4.69, 9.17) is 14.2 Å². The number of amides is 1. The van der Waals surface area contributed by atoms with Gasteiger partial charge in [0.1, 0.15) is 12.6 Å². The van der Waals surface area contributed by atoms with Gasteiger partial charge in [-0.15, -0.1) is 0 Å². The molecule has 32 heavy (non-hydrogen) atoms. The lowest BCUT2D eigenvalue weighted by molar-refractivity contribution is -0.151. The monoisotopic (exact) mass is 480 g/mol. The first-order valence-corrected chi connectivity index (χ1v) is 11.3. The van der Waals surface area contributed by atoms with E-state index in [0.717, 1.165) is 4.31 Å². The van der Waals surface area contributed by atoms with Gasteiger partial charge in [0.05, 0.1) is 24.2 Å². The first-order chi connectivity index (χ1) is 15.1. The van der Waals surface area contributed by atoms with E-state index in [0.29, 0.717) is 18.6 Å². The van der Waals surface area contributed by atoms with Crippen molar-refractivity contribution in [2.45, 2.75) is 42.8 Å². The zero-order valence-corrected chi connectivity index (χ0v) is 18.2. The molecule has 0 radical (unpaired) electrons. The summed E-state index contributed by atoms with van der Waals surface area (Å²) >= 11 is 0. The maximum atomic E-state index is 13.7. The van der Waals surface area contributed by atoms with Crippen molar-refractivity contribution in [2.24, 2.45) is 0 Å². The van der Waals surface area contributed by atoms with Crippen molar-refractivity contribution in [3.05, 3.63) is 29.6 Å². The molecule has 9 nitrogen and oxygen atoms in total. The molecule has 1 amide bonds. The van der Waals surface area contributed by atoms with Crippen LogP contribution in [0.25, 0.3) is 0 Å². The Labute approximate surface area is 183 Å². The summed E-state index contributed by atoms with van der Waals surface area (Å²) in [6, 6.07) is -2.31. The summed E-state index contributed by atoms with van der Waals surface area (Å²) in [5.74, 6) is -6.09. The number of benzene rings is 1. The first kappa shape index (κ1) is 24.3. The number of halogens is 3. The summed E-state index contributed by atoms with van der Waals surface area (Å²) in [5, 5.41) is 0. The van der Waals surface area contributed by atoms with E-state index in [2.05, 4.69) is 0 Å². The normalized spacial score (nSPS) is 23.3. The summed E-state index contributed by atoms with van der Waals surface area (Å²) in [5.41, 5.74) is 0. The summed E-state index contributed by atoms with van der Waals surface area (Å²) in [4.78, 5) is 25.8. The molecule has 0 saturated carbocycles. The Bertz CT molecular complexity index is 968. The van der Waals surface area contributed by atoms with Gasteiger partial charge in [0.2, 0.25) is 10.0 Å². The lowest BCUT2D eigenvalue weighted by Gasteiger charge is -2.44. The van der Waals surface area contributed by atoms with E-state index in [1.807, 2.05) is 0 Å². The summed E-state index contributed by atoms with van der Waals surface area (Å²) in [7, 11) is -3.22. The molecule has 3 rings (SSSR count). The second-order valence-electron chi connectivity index (χ2n) is 7.29. The summed E-state index contributed by atoms with van der Waals surface area (Å²) < 4.78 is 83.1. The zero-order chi connectivity index (χ0) is 23.6. The minimum atomic E-state index is -4.65. The van der Waals surface area contributed by atoms with Crippen LogP contribution in [0.1, 0.15) is 19.8 Å². The first-order valence-electron chi connectivity index (χ1n) is 9.90. The van der Waals surface area contributed by atoms with Crippen LogP contribution in [0.2, 0.25) is 0 Å². The molecule has 2 aliphatic heterocycles. The molecule has 2 heterocycles. The van der Waals surface area contributed by atoms with Crippen LogP contribution in [0.4, 0.5) is 18.0 Å². The number of hydrogen-bond acceptors (Lipinski definition) is 7. The van der Waals surface area contributed by atoms with Crippen molar-refractivity contribution >= 4 is 22.1 Å². The highest BCUT2D eigenvalue weighted by atomic mass is 32.2. The number of methoxy groups -OCH3 is 1. The number of piperazine rings is 1. The Morgan fingerprint density at radius 3 is 2.34 bits per heavy atom. The van der Waals surface area contributed by atoms with Crippen LogP contribution in [-0.4, -0.2) is 81.3 Å². The molecule has 1 aromatic rings. The highest BCUT2D eigenvalue weighted by molar-refractivity contribution is 7.89. The molecule has 0 unspecified atom stereocenters. The van der Waals surface area contributed by atoms with Crippen LogP contribution < -0.4 is 0 Å². The number of sulfonamides is 1. The SMILES string of the molecule is CCOC(=O)[C@@H]1[C@@H]2CC[C@H](CN1S(=O)(=O)c1cc(F)c(F)c(F)c1)N2C(=O)OCCOC. The largest absolute Gasteiger partial charge is 0.465 e. The van der Waals surface area contributed by atoms with Crippen LogP contribution in [0.15, 0.2) is 17.0 Å². The van der Waals surface area contributed by atoms with Gasteiger partial charge in [-0.3, -0.25) is 9.69 Å². The predicted molar refractivity (Wildman–Crippen MR) is 103 cm³/mol. The van der Waals surface area contributed by atoms with Crippen LogP contribution in [0.5, 0.6) is 0 Å². The van der Waals surface area contributed by atoms with Gasteiger partial charge < -0.3 is 14.2 Å².